The van der Waals surface area contributed by atoms with Crippen molar-refractivity contribution in [2.75, 3.05) is 42.9 Å². The molecule has 1 amide bonds. The SMILES string of the molecule is COc1ccc2c(ccn2CC(=O)N2CCN(c3ccc(S(=O)(=O)Nc4nccs4)cc3)CC2)c1.[HH]. The molecule has 0 atom stereocenters. The number of hydrogen-bond acceptors (Lipinski definition) is 7. The summed E-state index contributed by atoms with van der Waals surface area (Å²) in [7, 11) is -2.04. The van der Waals surface area contributed by atoms with Gasteiger partial charge in [-0.25, -0.2) is 13.4 Å². The summed E-state index contributed by atoms with van der Waals surface area (Å²) < 4.78 is 34.8. The quantitative estimate of drug-likeness (QED) is 0.406. The van der Waals surface area contributed by atoms with Gasteiger partial charge in [0, 0.05) is 62.0 Å². The van der Waals surface area contributed by atoms with Crippen LogP contribution in [-0.2, 0) is 21.4 Å². The second-order valence-electron chi connectivity index (χ2n) is 8.17. The predicted octanol–water partition coefficient (Wildman–Crippen LogP) is 3.50. The van der Waals surface area contributed by atoms with Crippen LogP contribution in [0, 0.1) is 0 Å². The van der Waals surface area contributed by atoms with Crippen molar-refractivity contribution in [3.63, 3.8) is 0 Å². The molecule has 1 saturated heterocycles. The summed E-state index contributed by atoms with van der Waals surface area (Å²) in [4.78, 5) is 21.1. The molecule has 184 valence electrons. The van der Waals surface area contributed by atoms with E-state index >= 15 is 0 Å². The molecule has 1 N–H and O–H groups in total. The first-order valence-electron chi connectivity index (χ1n) is 11.1. The van der Waals surface area contributed by atoms with Crippen LogP contribution in [-0.4, -0.2) is 62.1 Å². The maximum absolute atomic E-state index is 12.9. The summed E-state index contributed by atoms with van der Waals surface area (Å²) in [6.45, 7) is 2.86. The van der Waals surface area contributed by atoms with E-state index in [0.29, 0.717) is 31.3 Å². The zero-order valence-corrected chi connectivity index (χ0v) is 20.8. The summed E-state index contributed by atoms with van der Waals surface area (Å²) in [5.41, 5.74) is 1.92. The number of piperazine rings is 1. The lowest BCUT2D eigenvalue weighted by molar-refractivity contribution is -0.132. The highest BCUT2D eigenvalue weighted by Crippen LogP contribution is 2.24. The van der Waals surface area contributed by atoms with Gasteiger partial charge in [0.1, 0.15) is 12.3 Å². The molecular formula is C24H27N5O4S2. The Labute approximate surface area is 209 Å². The predicted molar refractivity (Wildman–Crippen MR) is 139 cm³/mol. The van der Waals surface area contributed by atoms with Crippen LogP contribution in [0.25, 0.3) is 10.9 Å². The molecule has 0 bridgehead atoms. The van der Waals surface area contributed by atoms with Gasteiger partial charge in [0.15, 0.2) is 5.13 Å². The van der Waals surface area contributed by atoms with Gasteiger partial charge in [-0.15, -0.1) is 11.3 Å². The topological polar surface area (TPSA) is 96.8 Å². The number of aromatic nitrogens is 2. The van der Waals surface area contributed by atoms with Crippen LogP contribution >= 0.6 is 11.3 Å². The van der Waals surface area contributed by atoms with Crippen molar-refractivity contribution in [3.8, 4) is 5.75 Å². The first-order valence-corrected chi connectivity index (χ1v) is 13.5. The Morgan fingerprint density at radius 3 is 2.57 bits per heavy atom. The van der Waals surface area contributed by atoms with E-state index in [1.807, 2.05) is 39.9 Å². The summed E-state index contributed by atoms with van der Waals surface area (Å²) >= 11 is 1.23. The van der Waals surface area contributed by atoms with Gasteiger partial charge in [-0.3, -0.25) is 9.52 Å². The van der Waals surface area contributed by atoms with Gasteiger partial charge in [0.25, 0.3) is 10.0 Å². The van der Waals surface area contributed by atoms with E-state index in [0.717, 1.165) is 22.3 Å². The third-order valence-electron chi connectivity index (χ3n) is 6.08. The van der Waals surface area contributed by atoms with Crippen molar-refractivity contribution in [2.24, 2.45) is 0 Å². The third-order valence-corrected chi connectivity index (χ3v) is 8.25. The molecular weight excluding hydrogens is 486 g/mol. The monoisotopic (exact) mass is 513 g/mol. The molecule has 0 unspecified atom stereocenters. The Bertz CT molecular complexity index is 1430. The molecule has 5 rings (SSSR count). The minimum absolute atomic E-state index is 0. The lowest BCUT2D eigenvalue weighted by Gasteiger charge is -2.36. The Kier molecular flexibility index (Phi) is 6.35. The van der Waals surface area contributed by atoms with Gasteiger partial charge >= 0.3 is 0 Å². The summed E-state index contributed by atoms with van der Waals surface area (Å²) in [5.74, 6) is 0.867. The maximum atomic E-state index is 12.9. The Morgan fingerprint density at radius 1 is 1.11 bits per heavy atom. The number of benzene rings is 2. The average Bonchev–Trinajstić information content (AvgIpc) is 3.53. The molecule has 2 aromatic carbocycles. The van der Waals surface area contributed by atoms with Crippen LogP contribution in [0.15, 0.2) is 71.2 Å². The number of ether oxygens (including phenoxy) is 1. The van der Waals surface area contributed by atoms with E-state index in [9.17, 15) is 13.2 Å². The summed E-state index contributed by atoms with van der Waals surface area (Å²) in [6.07, 6.45) is 3.48. The van der Waals surface area contributed by atoms with Gasteiger partial charge < -0.3 is 19.1 Å². The normalized spacial score (nSPS) is 14.3. The largest absolute Gasteiger partial charge is 0.497 e. The van der Waals surface area contributed by atoms with Crippen LogP contribution in [0.2, 0.25) is 0 Å². The molecule has 1 aliphatic rings. The molecule has 11 heteroatoms. The molecule has 0 saturated carbocycles. The molecule has 4 aromatic rings. The van der Waals surface area contributed by atoms with Gasteiger partial charge in [-0.05, 0) is 48.5 Å². The zero-order chi connectivity index (χ0) is 24.4. The number of carbonyl (C=O) groups excluding carboxylic acids is 1. The molecule has 2 aromatic heterocycles. The van der Waals surface area contributed by atoms with Crippen LogP contribution in [0.3, 0.4) is 0 Å². The van der Waals surface area contributed by atoms with Crippen LogP contribution < -0.4 is 14.4 Å². The number of hydrogen-bond donors (Lipinski definition) is 1. The van der Waals surface area contributed by atoms with Crippen molar-refractivity contribution in [1.29, 1.82) is 0 Å². The van der Waals surface area contributed by atoms with Gasteiger partial charge in [-0.2, -0.15) is 0 Å². The second-order valence-corrected chi connectivity index (χ2v) is 10.7. The van der Waals surface area contributed by atoms with Crippen molar-refractivity contribution in [1.82, 2.24) is 14.5 Å². The van der Waals surface area contributed by atoms with Crippen LogP contribution in [0.1, 0.15) is 1.43 Å². The Balaban J connectivity index is 0.00000304. The fourth-order valence-corrected chi connectivity index (χ4v) is 5.98. The van der Waals surface area contributed by atoms with Gasteiger partial charge in [0.2, 0.25) is 5.91 Å². The Morgan fingerprint density at radius 2 is 1.89 bits per heavy atom. The van der Waals surface area contributed by atoms with E-state index < -0.39 is 10.0 Å². The van der Waals surface area contributed by atoms with E-state index in [1.165, 1.54) is 11.3 Å². The van der Waals surface area contributed by atoms with Crippen LogP contribution in [0.5, 0.6) is 5.75 Å². The molecule has 0 radical (unpaired) electrons. The highest BCUT2D eigenvalue weighted by atomic mass is 32.2. The lowest BCUT2D eigenvalue weighted by Crippen LogP contribution is -2.49. The number of nitrogens with one attached hydrogen (secondary N) is 1. The highest BCUT2D eigenvalue weighted by molar-refractivity contribution is 7.93. The number of carbonyl (C=O) groups is 1. The van der Waals surface area contributed by atoms with Crippen molar-refractivity contribution in [3.05, 3.63) is 66.3 Å². The number of anilines is 2. The van der Waals surface area contributed by atoms with Crippen molar-refractivity contribution in [2.45, 2.75) is 11.4 Å². The standard InChI is InChI=1S/C24H25N5O4S2.H2/c1-33-20-4-7-22-18(16-20)8-10-29(22)17-23(30)28-13-11-27(12-14-28)19-2-5-21(6-3-19)35(31,32)26-24-25-9-15-34-24;/h2-10,15-16H,11-14,17H2,1H3,(H,25,26);1H. The second kappa shape index (κ2) is 9.59. The van der Waals surface area contributed by atoms with Crippen molar-refractivity contribution < 1.29 is 19.4 Å². The third kappa shape index (κ3) is 4.96. The number of rotatable bonds is 7. The van der Waals surface area contributed by atoms with E-state index in [-0.39, 0.29) is 18.8 Å². The number of methoxy groups -OCH3 is 1. The van der Waals surface area contributed by atoms with Gasteiger partial charge in [-0.1, -0.05) is 0 Å². The first-order chi connectivity index (χ1) is 16.9. The molecule has 1 aliphatic heterocycles. The number of sulfonamides is 1. The smallest absolute Gasteiger partial charge is 0.263 e. The number of fused-ring (bicyclic) bond motifs is 1. The van der Waals surface area contributed by atoms with Crippen LogP contribution in [0.4, 0.5) is 10.8 Å². The Hall–Kier alpha value is -3.57. The maximum Gasteiger partial charge on any atom is 0.263 e. The summed E-state index contributed by atoms with van der Waals surface area (Å²) in [6, 6.07) is 14.6. The van der Waals surface area contributed by atoms with E-state index in [2.05, 4.69) is 14.6 Å². The summed E-state index contributed by atoms with van der Waals surface area (Å²) in [5, 5.41) is 3.08. The average molecular weight is 514 g/mol. The molecule has 3 heterocycles. The zero-order valence-electron chi connectivity index (χ0n) is 19.1. The highest BCUT2D eigenvalue weighted by Gasteiger charge is 2.23. The molecule has 0 aliphatic carbocycles. The first kappa shape index (κ1) is 23.2. The molecule has 1 fully saturated rings. The van der Waals surface area contributed by atoms with E-state index in [1.54, 1.807) is 43.0 Å². The molecule has 0 spiro atoms. The molecule has 9 nitrogen and oxygen atoms in total. The number of nitrogens with zero attached hydrogens (tertiary/aromatic N) is 4. The molecule has 35 heavy (non-hydrogen) atoms. The lowest BCUT2D eigenvalue weighted by atomic mass is 10.2. The number of thiazole rings is 1. The van der Waals surface area contributed by atoms with E-state index in [4.69, 9.17) is 4.74 Å². The minimum Gasteiger partial charge on any atom is -0.497 e. The number of amides is 1. The fraction of sp³-hybridized carbons (Fsp3) is 0.250. The minimum atomic E-state index is -3.68. The fourth-order valence-electron chi connectivity index (χ4n) is 4.19. The van der Waals surface area contributed by atoms with Crippen molar-refractivity contribution >= 4 is 49.0 Å². The van der Waals surface area contributed by atoms with Gasteiger partial charge in [0.05, 0.1) is 12.0 Å².